The predicted octanol–water partition coefficient (Wildman–Crippen LogP) is 1.91. The van der Waals surface area contributed by atoms with Crippen molar-refractivity contribution >= 4 is 5.91 Å². The first-order valence-electron chi connectivity index (χ1n) is 6.31. The van der Waals surface area contributed by atoms with Crippen molar-refractivity contribution in [2.45, 2.75) is 25.1 Å². The number of alkyl halides is 3. The molecule has 4 nitrogen and oxygen atoms in total. The minimum absolute atomic E-state index is 0.0177. The Kier molecular flexibility index (Phi) is 3.99. The number of nitrogens with two attached hydrogens (primary N) is 1. The largest absolute Gasteiger partial charge is 0.417 e. The molecular formula is C13H16F3N3O. The van der Waals surface area contributed by atoms with Gasteiger partial charge in [-0.25, -0.2) is 0 Å². The highest BCUT2D eigenvalue weighted by Gasteiger charge is 2.31. The molecule has 110 valence electrons. The molecule has 1 heterocycles. The van der Waals surface area contributed by atoms with E-state index in [1.807, 2.05) is 0 Å². The summed E-state index contributed by atoms with van der Waals surface area (Å²) in [5, 5.41) is 0. The Labute approximate surface area is 114 Å². The normalized spacial score (nSPS) is 22.2. The highest BCUT2D eigenvalue weighted by atomic mass is 19.4. The molecule has 1 aliphatic carbocycles. The lowest BCUT2D eigenvalue weighted by molar-refractivity contribution is -0.137. The minimum Gasteiger partial charge on any atom is -0.340 e. The molecule has 1 fully saturated rings. The van der Waals surface area contributed by atoms with Gasteiger partial charge in [0.25, 0.3) is 5.91 Å². The Morgan fingerprint density at radius 3 is 2.55 bits per heavy atom. The van der Waals surface area contributed by atoms with E-state index >= 15 is 0 Å². The summed E-state index contributed by atoms with van der Waals surface area (Å²) in [5.74, 6) is -0.00686. The van der Waals surface area contributed by atoms with Crippen molar-refractivity contribution in [1.29, 1.82) is 0 Å². The summed E-state index contributed by atoms with van der Waals surface area (Å²) < 4.78 is 37.2. The molecule has 1 saturated carbocycles. The number of aromatic nitrogens is 1. The zero-order valence-electron chi connectivity index (χ0n) is 11.0. The molecule has 0 bridgehead atoms. The molecule has 2 rings (SSSR count). The van der Waals surface area contributed by atoms with E-state index in [1.54, 1.807) is 7.05 Å². The van der Waals surface area contributed by atoms with Crippen LogP contribution < -0.4 is 5.73 Å². The van der Waals surface area contributed by atoms with E-state index in [0.717, 1.165) is 25.0 Å². The van der Waals surface area contributed by atoms with Crippen molar-refractivity contribution in [2.75, 3.05) is 13.6 Å². The lowest BCUT2D eigenvalue weighted by Crippen LogP contribution is -2.43. The molecule has 0 aromatic carbocycles. The van der Waals surface area contributed by atoms with Crippen LogP contribution in [-0.4, -0.2) is 35.4 Å². The van der Waals surface area contributed by atoms with Gasteiger partial charge in [-0.05, 0) is 30.9 Å². The summed E-state index contributed by atoms with van der Waals surface area (Å²) >= 11 is 0. The van der Waals surface area contributed by atoms with Crippen molar-refractivity contribution in [3.63, 3.8) is 0 Å². The third-order valence-electron chi connectivity index (χ3n) is 3.46. The zero-order chi connectivity index (χ0) is 14.9. The maximum Gasteiger partial charge on any atom is 0.417 e. The molecule has 0 saturated heterocycles. The second kappa shape index (κ2) is 5.40. The Bertz CT molecular complexity index is 481. The zero-order valence-corrected chi connectivity index (χ0v) is 11.0. The van der Waals surface area contributed by atoms with Crippen LogP contribution in [0.4, 0.5) is 13.2 Å². The number of pyridine rings is 1. The number of carbonyl (C=O) groups is 1. The Hall–Kier alpha value is -1.63. The molecule has 1 aliphatic rings. The van der Waals surface area contributed by atoms with Crippen molar-refractivity contribution in [3.8, 4) is 0 Å². The molecule has 1 aromatic rings. The van der Waals surface area contributed by atoms with E-state index < -0.39 is 11.7 Å². The molecule has 1 amide bonds. The van der Waals surface area contributed by atoms with Gasteiger partial charge in [-0.1, -0.05) is 0 Å². The lowest BCUT2D eigenvalue weighted by Gasteiger charge is -2.35. The summed E-state index contributed by atoms with van der Waals surface area (Å²) in [7, 11) is 1.62. The van der Waals surface area contributed by atoms with Gasteiger partial charge in [-0.2, -0.15) is 13.2 Å². The van der Waals surface area contributed by atoms with Gasteiger partial charge in [-0.15, -0.1) is 0 Å². The van der Waals surface area contributed by atoms with Crippen LogP contribution in [0.25, 0.3) is 0 Å². The van der Waals surface area contributed by atoms with Crippen LogP contribution in [0.2, 0.25) is 0 Å². The Morgan fingerprint density at radius 1 is 1.45 bits per heavy atom. The van der Waals surface area contributed by atoms with Gasteiger partial charge in [0.15, 0.2) is 0 Å². The smallest absolute Gasteiger partial charge is 0.340 e. The van der Waals surface area contributed by atoms with E-state index in [2.05, 4.69) is 4.98 Å². The quantitative estimate of drug-likeness (QED) is 0.924. The summed E-state index contributed by atoms with van der Waals surface area (Å²) in [4.78, 5) is 17.1. The number of amides is 1. The maximum atomic E-state index is 12.4. The second-order valence-electron chi connectivity index (χ2n) is 5.21. The van der Waals surface area contributed by atoms with Gasteiger partial charge >= 0.3 is 6.18 Å². The standard InChI is InChI=1S/C13H16F3N3O/c1-19(7-8-4-10(17)5-8)12(20)11-3-2-9(6-18-11)13(14,15)16/h2-3,6,8,10H,4-5,7,17H2,1H3. The minimum atomic E-state index is -4.44. The number of carbonyl (C=O) groups excluding carboxylic acids is 1. The van der Waals surface area contributed by atoms with Crippen molar-refractivity contribution in [3.05, 3.63) is 29.6 Å². The second-order valence-corrected chi connectivity index (χ2v) is 5.21. The Balaban J connectivity index is 1.98. The van der Waals surface area contributed by atoms with Crippen LogP contribution in [0, 0.1) is 5.92 Å². The summed E-state index contributed by atoms with van der Waals surface area (Å²) in [6.45, 7) is 0.551. The first-order valence-corrected chi connectivity index (χ1v) is 6.31. The van der Waals surface area contributed by atoms with Gasteiger partial charge in [0.2, 0.25) is 0 Å². The first-order chi connectivity index (χ1) is 9.27. The van der Waals surface area contributed by atoms with Crippen molar-refractivity contribution in [2.24, 2.45) is 11.7 Å². The number of rotatable bonds is 3. The summed E-state index contributed by atoms with van der Waals surface area (Å²) in [6, 6.07) is 2.18. The fraction of sp³-hybridized carbons (Fsp3) is 0.538. The molecule has 0 aliphatic heterocycles. The van der Waals surface area contributed by atoms with Crippen molar-refractivity contribution in [1.82, 2.24) is 9.88 Å². The lowest BCUT2D eigenvalue weighted by atomic mass is 9.80. The van der Waals surface area contributed by atoms with Crippen LogP contribution >= 0.6 is 0 Å². The van der Waals surface area contributed by atoms with E-state index in [0.29, 0.717) is 18.7 Å². The topological polar surface area (TPSA) is 59.2 Å². The highest BCUT2D eigenvalue weighted by molar-refractivity contribution is 5.92. The number of hydrogen-bond acceptors (Lipinski definition) is 3. The first kappa shape index (κ1) is 14.8. The molecule has 2 N–H and O–H groups in total. The SMILES string of the molecule is CN(CC1CC(N)C1)C(=O)c1ccc(C(F)(F)F)cn1. The van der Waals surface area contributed by atoms with Crippen molar-refractivity contribution < 1.29 is 18.0 Å². The molecular weight excluding hydrogens is 271 g/mol. The van der Waals surface area contributed by atoms with Gasteiger partial charge in [-0.3, -0.25) is 9.78 Å². The van der Waals surface area contributed by atoms with E-state index in [1.165, 1.54) is 4.90 Å². The number of hydrogen-bond donors (Lipinski definition) is 1. The van der Waals surface area contributed by atoms with E-state index in [9.17, 15) is 18.0 Å². The Morgan fingerprint density at radius 2 is 2.10 bits per heavy atom. The molecule has 1 aromatic heterocycles. The third-order valence-corrected chi connectivity index (χ3v) is 3.46. The van der Waals surface area contributed by atoms with Gasteiger partial charge in [0.1, 0.15) is 5.69 Å². The number of nitrogens with zero attached hydrogens (tertiary/aromatic N) is 2. The van der Waals surface area contributed by atoms with Crippen LogP contribution in [0.3, 0.4) is 0 Å². The molecule has 0 unspecified atom stereocenters. The fourth-order valence-corrected chi connectivity index (χ4v) is 2.29. The van der Waals surface area contributed by atoms with Crippen LogP contribution in [-0.2, 0) is 6.18 Å². The highest BCUT2D eigenvalue weighted by Crippen LogP contribution is 2.29. The average molecular weight is 287 g/mol. The fourth-order valence-electron chi connectivity index (χ4n) is 2.29. The molecule has 20 heavy (non-hydrogen) atoms. The maximum absolute atomic E-state index is 12.4. The molecule has 0 atom stereocenters. The molecule has 0 radical (unpaired) electrons. The monoisotopic (exact) mass is 287 g/mol. The summed E-state index contributed by atoms with van der Waals surface area (Å²) in [5.41, 5.74) is 4.83. The summed E-state index contributed by atoms with van der Waals surface area (Å²) in [6.07, 6.45) is -2.01. The van der Waals surface area contributed by atoms with Gasteiger partial charge in [0, 0.05) is 25.8 Å². The van der Waals surface area contributed by atoms with Crippen LogP contribution in [0.15, 0.2) is 18.3 Å². The van der Waals surface area contributed by atoms with Crippen LogP contribution in [0.1, 0.15) is 28.9 Å². The predicted molar refractivity (Wildman–Crippen MR) is 66.9 cm³/mol. The van der Waals surface area contributed by atoms with Crippen LogP contribution in [0.5, 0.6) is 0 Å². The van der Waals surface area contributed by atoms with Gasteiger partial charge in [0.05, 0.1) is 5.56 Å². The number of halogens is 3. The average Bonchev–Trinajstić information content (AvgIpc) is 2.35. The van der Waals surface area contributed by atoms with E-state index in [4.69, 9.17) is 5.73 Å². The van der Waals surface area contributed by atoms with E-state index in [-0.39, 0.29) is 17.6 Å². The third kappa shape index (κ3) is 3.27. The van der Waals surface area contributed by atoms with Gasteiger partial charge < -0.3 is 10.6 Å². The molecule has 7 heteroatoms. The molecule has 0 spiro atoms.